The Hall–Kier alpha value is -2.98. The van der Waals surface area contributed by atoms with Crippen molar-refractivity contribution in [2.75, 3.05) is 20.3 Å². The van der Waals surface area contributed by atoms with Crippen LogP contribution in [0.15, 0.2) is 60.7 Å². The second-order valence-electron chi connectivity index (χ2n) is 9.73. The van der Waals surface area contributed by atoms with Crippen molar-refractivity contribution in [2.45, 2.75) is 77.6 Å². The average Bonchev–Trinajstić information content (AvgIpc) is 2.88. The number of carbonyl (C=O) groups is 2. The maximum absolute atomic E-state index is 11.9. The highest BCUT2D eigenvalue weighted by Crippen LogP contribution is 2.12. The molecule has 0 spiro atoms. The molecule has 0 bridgehead atoms. The van der Waals surface area contributed by atoms with Crippen molar-refractivity contribution in [3.05, 3.63) is 71.8 Å². The molecule has 3 atom stereocenters. The van der Waals surface area contributed by atoms with Gasteiger partial charge < -0.3 is 34.5 Å². The molecule has 0 aromatic heterocycles. The number of esters is 1. The molecule has 1 amide bonds. The number of hydrogen-bond acceptors (Lipinski definition) is 8. The molecule has 3 N–H and O–H groups in total. The molecule has 0 saturated heterocycles. The van der Waals surface area contributed by atoms with E-state index in [2.05, 4.69) is 5.32 Å². The fraction of sp³-hybridized carbons (Fsp3) is 0.517. The van der Waals surface area contributed by atoms with Crippen LogP contribution in [0.4, 0.5) is 4.79 Å². The Morgan fingerprint density at radius 3 is 2.03 bits per heavy atom. The number of amides is 1. The zero-order valence-corrected chi connectivity index (χ0v) is 23.1. The molecule has 2 rings (SSSR count). The minimum absolute atomic E-state index is 0.0635. The maximum atomic E-state index is 11.9. The van der Waals surface area contributed by atoms with Crippen molar-refractivity contribution in [3.8, 4) is 0 Å². The normalized spacial score (nSPS) is 13.3. The minimum atomic E-state index is -0.981. The summed E-state index contributed by atoms with van der Waals surface area (Å²) in [6.45, 7) is 7.69. The van der Waals surface area contributed by atoms with E-state index in [0.717, 1.165) is 11.1 Å². The molecule has 38 heavy (non-hydrogen) atoms. The highest BCUT2D eigenvalue weighted by molar-refractivity contribution is 5.81. The van der Waals surface area contributed by atoms with E-state index in [0.29, 0.717) is 19.4 Å². The van der Waals surface area contributed by atoms with Gasteiger partial charge in [0.1, 0.15) is 5.60 Å². The molecule has 212 valence electrons. The number of hydrogen-bond donors (Lipinski definition) is 3. The van der Waals surface area contributed by atoms with E-state index in [4.69, 9.17) is 24.1 Å². The van der Waals surface area contributed by atoms with E-state index >= 15 is 0 Å². The summed E-state index contributed by atoms with van der Waals surface area (Å²) in [4.78, 5) is 23.8. The first-order valence-corrected chi connectivity index (χ1v) is 12.7. The summed E-state index contributed by atoms with van der Waals surface area (Å²) >= 11 is 0. The first kappa shape index (κ1) is 33.0. The SMILES string of the molecule is COC(=O)[C@H](COCCC(CC(C)O)OCc1ccccc1)NC(=O)OC(C)(C)C.OCc1ccccc1. The lowest BCUT2D eigenvalue weighted by Crippen LogP contribution is -2.46. The predicted octanol–water partition coefficient (Wildman–Crippen LogP) is 3.99. The quantitative estimate of drug-likeness (QED) is 0.261. The number of methoxy groups -OCH3 is 1. The van der Waals surface area contributed by atoms with Crippen molar-refractivity contribution in [3.63, 3.8) is 0 Å². The van der Waals surface area contributed by atoms with Crippen LogP contribution in [0.3, 0.4) is 0 Å². The van der Waals surface area contributed by atoms with E-state index in [9.17, 15) is 14.7 Å². The van der Waals surface area contributed by atoms with Crippen molar-refractivity contribution < 1.29 is 38.7 Å². The van der Waals surface area contributed by atoms with Gasteiger partial charge in [0.25, 0.3) is 0 Å². The molecule has 0 heterocycles. The Kier molecular flexibility index (Phi) is 15.9. The standard InChI is InChI=1S/C22H35NO7.C7H8O/c1-16(24)13-18(29-14-17-9-7-6-8-10-17)11-12-28-15-19(20(25)27-5)23-21(26)30-22(2,3)4;8-6-7-4-2-1-3-5-7/h6-10,16,18-19,24H,11-15H2,1-5H3,(H,23,26);1-5,8H,6H2/t16?,18?,19-;/m0./s1. The zero-order valence-electron chi connectivity index (χ0n) is 23.1. The van der Waals surface area contributed by atoms with Gasteiger partial charge in [-0.3, -0.25) is 0 Å². The van der Waals surface area contributed by atoms with Gasteiger partial charge in [-0.15, -0.1) is 0 Å². The van der Waals surface area contributed by atoms with Gasteiger partial charge >= 0.3 is 12.1 Å². The van der Waals surface area contributed by atoms with Crippen LogP contribution in [-0.4, -0.2) is 66.4 Å². The van der Waals surface area contributed by atoms with Crippen LogP contribution in [0.5, 0.6) is 0 Å². The fourth-order valence-electron chi connectivity index (χ4n) is 3.20. The van der Waals surface area contributed by atoms with Gasteiger partial charge in [0, 0.05) is 6.61 Å². The highest BCUT2D eigenvalue weighted by Gasteiger charge is 2.25. The summed E-state index contributed by atoms with van der Waals surface area (Å²) in [7, 11) is 1.24. The summed E-state index contributed by atoms with van der Waals surface area (Å²) < 4.78 is 21.4. The third kappa shape index (κ3) is 16.0. The van der Waals surface area contributed by atoms with Gasteiger partial charge in [0.15, 0.2) is 6.04 Å². The summed E-state index contributed by atoms with van der Waals surface area (Å²) in [5, 5.41) is 20.7. The molecule has 2 aromatic rings. The van der Waals surface area contributed by atoms with Crippen LogP contribution in [0.2, 0.25) is 0 Å². The van der Waals surface area contributed by atoms with Crippen molar-refractivity contribution in [1.82, 2.24) is 5.32 Å². The number of nitrogens with one attached hydrogen (secondary N) is 1. The first-order chi connectivity index (χ1) is 18.0. The monoisotopic (exact) mass is 533 g/mol. The lowest BCUT2D eigenvalue weighted by molar-refractivity contribution is -0.144. The van der Waals surface area contributed by atoms with E-state index in [1.54, 1.807) is 27.7 Å². The van der Waals surface area contributed by atoms with Gasteiger partial charge in [-0.1, -0.05) is 60.7 Å². The number of ether oxygens (including phenoxy) is 4. The summed E-state index contributed by atoms with van der Waals surface area (Å²) in [6.07, 6.45) is -0.451. The van der Waals surface area contributed by atoms with Gasteiger partial charge in [-0.25, -0.2) is 9.59 Å². The van der Waals surface area contributed by atoms with Gasteiger partial charge in [0.2, 0.25) is 0 Å². The largest absolute Gasteiger partial charge is 0.467 e. The number of aliphatic hydroxyl groups excluding tert-OH is 2. The third-order valence-corrected chi connectivity index (χ3v) is 5.00. The first-order valence-electron chi connectivity index (χ1n) is 12.7. The van der Waals surface area contributed by atoms with Gasteiger partial charge in [-0.05, 0) is 51.7 Å². The minimum Gasteiger partial charge on any atom is -0.467 e. The van der Waals surface area contributed by atoms with Crippen LogP contribution in [0, 0.1) is 0 Å². The molecule has 0 fully saturated rings. The average molecular weight is 534 g/mol. The van der Waals surface area contributed by atoms with Crippen LogP contribution in [0.1, 0.15) is 51.7 Å². The Labute approximate surface area is 226 Å². The zero-order chi connectivity index (χ0) is 28.4. The van der Waals surface area contributed by atoms with E-state index in [1.165, 1.54) is 7.11 Å². The Morgan fingerprint density at radius 1 is 0.974 bits per heavy atom. The summed E-state index contributed by atoms with van der Waals surface area (Å²) in [5.74, 6) is -0.623. The molecule has 0 aliphatic heterocycles. The predicted molar refractivity (Wildman–Crippen MR) is 144 cm³/mol. The number of aliphatic hydroxyl groups is 2. The van der Waals surface area contributed by atoms with Crippen LogP contribution < -0.4 is 5.32 Å². The lowest BCUT2D eigenvalue weighted by atomic mass is 10.1. The summed E-state index contributed by atoms with van der Waals surface area (Å²) in [5.41, 5.74) is 1.32. The molecular weight excluding hydrogens is 490 g/mol. The van der Waals surface area contributed by atoms with Crippen LogP contribution in [0.25, 0.3) is 0 Å². The molecule has 9 nitrogen and oxygen atoms in total. The maximum Gasteiger partial charge on any atom is 0.408 e. The molecule has 0 saturated carbocycles. The third-order valence-electron chi connectivity index (χ3n) is 5.00. The van der Waals surface area contributed by atoms with Crippen molar-refractivity contribution in [1.29, 1.82) is 0 Å². The summed E-state index contributed by atoms with van der Waals surface area (Å²) in [6, 6.07) is 18.3. The van der Waals surface area contributed by atoms with Crippen molar-refractivity contribution in [2.24, 2.45) is 0 Å². The Morgan fingerprint density at radius 2 is 1.55 bits per heavy atom. The Bertz CT molecular complexity index is 900. The smallest absolute Gasteiger partial charge is 0.408 e. The highest BCUT2D eigenvalue weighted by atomic mass is 16.6. The van der Waals surface area contributed by atoms with E-state index < -0.39 is 29.8 Å². The molecule has 0 radical (unpaired) electrons. The second-order valence-corrected chi connectivity index (χ2v) is 9.73. The molecule has 2 unspecified atom stereocenters. The Balaban J connectivity index is 0.000000763. The van der Waals surface area contributed by atoms with E-state index in [-0.39, 0.29) is 25.9 Å². The second kappa shape index (κ2) is 18.3. The molecular formula is C29H43NO8. The fourth-order valence-corrected chi connectivity index (χ4v) is 3.20. The molecule has 0 aliphatic rings. The number of carbonyl (C=O) groups excluding carboxylic acids is 2. The van der Waals surface area contributed by atoms with Gasteiger partial charge in [0.05, 0.1) is 39.1 Å². The van der Waals surface area contributed by atoms with E-state index in [1.807, 2.05) is 60.7 Å². The molecule has 0 aliphatic carbocycles. The van der Waals surface area contributed by atoms with Crippen LogP contribution in [-0.2, 0) is 37.0 Å². The molecule has 2 aromatic carbocycles. The number of rotatable bonds is 13. The lowest BCUT2D eigenvalue weighted by Gasteiger charge is -2.23. The van der Waals surface area contributed by atoms with Crippen LogP contribution >= 0.6 is 0 Å². The topological polar surface area (TPSA) is 124 Å². The number of benzene rings is 2. The molecule has 9 heteroatoms. The number of alkyl carbamates (subject to hydrolysis) is 1. The van der Waals surface area contributed by atoms with Crippen molar-refractivity contribution >= 4 is 12.1 Å². The van der Waals surface area contributed by atoms with Gasteiger partial charge in [-0.2, -0.15) is 0 Å².